The molecule has 0 radical (unpaired) electrons. The number of nitrogens with zero attached hydrogens (tertiary/aromatic N) is 5. The number of aryl methyl sites for hydroxylation is 1. The first-order valence-electron chi connectivity index (χ1n) is 9.02. The predicted octanol–water partition coefficient (Wildman–Crippen LogP) is 0.708. The van der Waals surface area contributed by atoms with E-state index in [1.807, 2.05) is 28.9 Å². The lowest BCUT2D eigenvalue weighted by molar-refractivity contribution is -0.142. The number of aliphatic imine (C=N–C) groups is 1. The smallest absolute Gasteiger partial charge is 0.251 e. The van der Waals surface area contributed by atoms with E-state index in [4.69, 9.17) is 4.74 Å². The maximum absolute atomic E-state index is 12.4. The summed E-state index contributed by atoms with van der Waals surface area (Å²) in [5.74, 6) is 1.03. The molecule has 1 aromatic heterocycles. The Hall–Kier alpha value is -1.36. The molecule has 2 saturated heterocycles. The largest absolute Gasteiger partial charge is 0.368 e. The summed E-state index contributed by atoms with van der Waals surface area (Å²) in [5.41, 5.74) is 1.16. The maximum Gasteiger partial charge on any atom is 0.251 e. The molecule has 3 heterocycles. The lowest BCUT2D eigenvalue weighted by Crippen LogP contribution is -2.55. The number of guanidine groups is 1. The van der Waals surface area contributed by atoms with Gasteiger partial charge in [-0.05, 0) is 25.3 Å². The summed E-state index contributed by atoms with van der Waals surface area (Å²) in [6.07, 6.45) is 5.51. The van der Waals surface area contributed by atoms with Crippen molar-refractivity contribution in [3.05, 3.63) is 18.0 Å². The number of hydrogen-bond acceptors (Lipinski definition) is 4. The number of amides is 1. The average molecular weight is 476 g/mol. The molecule has 146 valence electrons. The molecule has 9 heteroatoms. The van der Waals surface area contributed by atoms with E-state index in [-0.39, 0.29) is 36.0 Å². The van der Waals surface area contributed by atoms with Gasteiger partial charge in [0.2, 0.25) is 0 Å². The predicted molar refractivity (Wildman–Crippen MR) is 111 cm³/mol. The van der Waals surface area contributed by atoms with Gasteiger partial charge in [0.05, 0.1) is 12.7 Å². The van der Waals surface area contributed by atoms with Crippen molar-refractivity contribution in [1.82, 2.24) is 24.9 Å². The van der Waals surface area contributed by atoms with Gasteiger partial charge < -0.3 is 19.9 Å². The fourth-order valence-electron chi connectivity index (χ4n) is 3.32. The monoisotopic (exact) mass is 476 g/mol. The van der Waals surface area contributed by atoms with Crippen molar-refractivity contribution in [3.63, 3.8) is 0 Å². The Morgan fingerprint density at radius 1 is 1.35 bits per heavy atom. The molecule has 1 aromatic rings. The number of ether oxygens (including phenoxy) is 1. The number of nitrogens with one attached hydrogen (secondary N) is 1. The molecule has 8 nitrogen and oxygen atoms in total. The average Bonchev–Trinajstić information content (AvgIpc) is 3.30. The molecule has 1 unspecified atom stereocenters. The van der Waals surface area contributed by atoms with Crippen LogP contribution in [0.25, 0.3) is 0 Å². The summed E-state index contributed by atoms with van der Waals surface area (Å²) < 4.78 is 7.44. The van der Waals surface area contributed by atoms with Crippen LogP contribution in [0.3, 0.4) is 0 Å². The lowest BCUT2D eigenvalue weighted by Gasteiger charge is -2.37. The Morgan fingerprint density at radius 3 is 2.65 bits per heavy atom. The van der Waals surface area contributed by atoms with Crippen LogP contribution in [0.5, 0.6) is 0 Å². The molecule has 1 amide bonds. The zero-order valence-corrected chi connectivity index (χ0v) is 17.9. The fourth-order valence-corrected chi connectivity index (χ4v) is 3.32. The Balaban J connectivity index is 0.00000243. The zero-order valence-electron chi connectivity index (χ0n) is 15.6. The molecule has 0 aliphatic carbocycles. The summed E-state index contributed by atoms with van der Waals surface area (Å²) in [6, 6.07) is 0. The third-order valence-corrected chi connectivity index (χ3v) is 4.69. The first-order chi connectivity index (χ1) is 12.2. The Morgan fingerprint density at radius 2 is 2.08 bits per heavy atom. The van der Waals surface area contributed by atoms with Gasteiger partial charge in [0.15, 0.2) is 5.96 Å². The maximum atomic E-state index is 12.4. The van der Waals surface area contributed by atoms with E-state index >= 15 is 0 Å². The molecule has 0 aromatic carbocycles. The van der Waals surface area contributed by atoms with E-state index in [0.29, 0.717) is 6.61 Å². The highest BCUT2D eigenvalue weighted by molar-refractivity contribution is 14.0. The van der Waals surface area contributed by atoms with Gasteiger partial charge in [0, 0.05) is 52.6 Å². The summed E-state index contributed by atoms with van der Waals surface area (Å²) >= 11 is 0. The second kappa shape index (κ2) is 10.1. The summed E-state index contributed by atoms with van der Waals surface area (Å²) in [7, 11) is 1.80. The quantitative estimate of drug-likeness (QED) is 0.394. The Bertz CT molecular complexity index is 606. The molecule has 2 aliphatic heterocycles. The zero-order chi connectivity index (χ0) is 17.6. The number of aromatic nitrogens is 2. The first kappa shape index (κ1) is 20.9. The van der Waals surface area contributed by atoms with Crippen LogP contribution in [0.4, 0.5) is 0 Å². The normalized spacial score (nSPS) is 20.8. The lowest BCUT2D eigenvalue weighted by atomic mass is 10.2. The molecule has 1 atom stereocenters. The molecule has 3 rings (SSSR count). The van der Waals surface area contributed by atoms with Crippen molar-refractivity contribution in [1.29, 1.82) is 0 Å². The van der Waals surface area contributed by atoms with Crippen molar-refractivity contribution in [2.45, 2.75) is 32.4 Å². The van der Waals surface area contributed by atoms with Crippen molar-refractivity contribution >= 4 is 35.8 Å². The third-order valence-electron chi connectivity index (χ3n) is 4.69. The minimum atomic E-state index is -0.221. The van der Waals surface area contributed by atoms with Gasteiger partial charge in [-0.1, -0.05) is 0 Å². The van der Waals surface area contributed by atoms with Gasteiger partial charge in [-0.3, -0.25) is 14.5 Å². The minimum Gasteiger partial charge on any atom is -0.368 e. The second-order valence-corrected chi connectivity index (χ2v) is 6.57. The summed E-state index contributed by atoms with van der Waals surface area (Å²) in [6.45, 7) is 7.33. The number of halogens is 1. The van der Waals surface area contributed by atoms with E-state index in [9.17, 15) is 4.79 Å². The topological polar surface area (TPSA) is 75.0 Å². The van der Waals surface area contributed by atoms with E-state index in [1.54, 1.807) is 7.05 Å². The van der Waals surface area contributed by atoms with Crippen LogP contribution in [0.15, 0.2) is 17.4 Å². The van der Waals surface area contributed by atoms with E-state index in [0.717, 1.165) is 63.6 Å². The number of rotatable bonds is 4. The van der Waals surface area contributed by atoms with Gasteiger partial charge in [-0.15, -0.1) is 24.0 Å². The molecular formula is C17H29IN6O2. The minimum absolute atomic E-state index is 0. The van der Waals surface area contributed by atoms with Crippen LogP contribution in [0.1, 0.15) is 18.4 Å². The Labute approximate surface area is 172 Å². The van der Waals surface area contributed by atoms with Gasteiger partial charge in [-0.25, -0.2) is 0 Å². The van der Waals surface area contributed by atoms with E-state index < -0.39 is 0 Å². The SMILES string of the molecule is CN=C(NCCn1cc(C)cn1)N1CCN(C(=O)C2CCCO2)CC1.I. The molecule has 2 aliphatic rings. The van der Waals surface area contributed by atoms with Crippen LogP contribution in [-0.2, 0) is 16.1 Å². The van der Waals surface area contributed by atoms with Crippen LogP contribution >= 0.6 is 24.0 Å². The van der Waals surface area contributed by atoms with Gasteiger partial charge in [0.25, 0.3) is 5.91 Å². The van der Waals surface area contributed by atoms with Gasteiger partial charge in [-0.2, -0.15) is 5.10 Å². The first-order valence-corrected chi connectivity index (χ1v) is 9.02. The Kier molecular flexibility index (Phi) is 8.14. The van der Waals surface area contributed by atoms with E-state index in [1.165, 1.54) is 0 Å². The molecule has 2 fully saturated rings. The molecular weight excluding hydrogens is 447 g/mol. The molecule has 0 bridgehead atoms. The number of carbonyl (C=O) groups excluding carboxylic acids is 1. The van der Waals surface area contributed by atoms with Crippen molar-refractivity contribution < 1.29 is 9.53 Å². The molecule has 0 saturated carbocycles. The highest BCUT2D eigenvalue weighted by atomic mass is 127. The highest BCUT2D eigenvalue weighted by Gasteiger charge is 2.30. The fraction of sp³-hybridized carbons (Fsp3) is 0.706. The van der Waals surface area contributed by atoms with Gasteiger partial charge in [0.1, 0.15) is 6.10 Å². The highest BCUT2D eigenvalue weighted by Crippen LogP contribution is 2.16. The van der Waals surface area contributed by atoms with Crippen LogP contribution in [0.2, 0.25) is 0 Å². The second-order valence-electron chi connectivity index (χ2n) is 6.57. The number of hydrogen-bond donors (Lipinski definition) is 1. The van der Waals surface area contributed by atoms with Crippen molar-refractivity contribution in [2.75, 3.05) is 46.4 Å². The van der Waals surface area contributed by atoms with Crippen molar-refractivity contribution in [2.24, 2.45) is 4.99 Å². The molecule has 1 N–H and O–H groups in total. The number of carbonyl (C=O) groups is 1. The summed E-state index contributed by atoms with van der Waals surface area (Å²) in [5, 5.41) is 7.67. The van der Waals surface area contributed by atoms with Crippen LogP contribution < -0.4 is 5.32 Å². The van der Waals surface area contributed by atoms with Crippen LogP contribution in [-0.4, -0.2) is 83.9 Å². The van der Waals surface area contributed by atoms with E-state index in [2.05, 4.69) is 20.3 Å². The summed E-state index contributed by atoms with van der Waals surface area (Å²) in [4.78, 5) is 20.9. The number of piperazine rings is 1. The standard InChI is InChI=1S/C17H28N6O2.HI/c1-14-12-20-23(13-14)6-5-19-17(18-2)22-9-7-21(8-10-22)16(24)15-4-3-11-25-15;/h12-13,15H,3-11H2,1-2H3,(H,18,19);1H. The van der Waals surface area contributed by atoms with Gasteiger partial charge >= 0.3 is 0 Å². The molecule has 0 spiro atoms. The third kappa shape index (κ3) is 5.32. The van der Waals surface area contributed by atoms with Crippen LogP contribution in [0, 0.1) is 6.92 Å². The molecule has 26 heavy (non-hydrogen) atoms. The van der Waals surface area contributed by atoms with Crippen molar-refractivity contribution in [3.8, 4) is 0 Å².